The van der Waals surface area contributed by atoms with Crippen LogP contribution in [0.1, 0.15) is 11.3 Å². The highest BCUT2D eigenvalue weighted by atomic mass is 16.5. The van der Waals surface area contributed by atoms with Gasteiger partial charge < -0.3 is 9.47 Å². The second kappa shape index (κ2) is 4.07. The van der Waals surface area contributed by atoms with Crippen molar-refractivity contribution in [1.29, 1.82) is 0 Å². The number of pyridine rings is 1. The lowest BCUT2D eigenvalue weighted by Gasteiger charge is -2.04. The van der Waals surface area contributed by atoms with Crippen molar-refractivity contribution in [3.05, 3.63) is 23.4 Å². The molecule has 0 aliphatic heterocycles. The Labute approximate surface area is 72.3 Å². The van der Waals surface area contributed by atoms with Crippen molar-refractivity contribution in [2.75, 3.05) is 14.2 Å². The molecule has 66 valence electrons. The summed E-state index contributed by atoms with van der Waals surface area (Å²) in [5, 5.41) is 0. The molecular weight excluding hydrogens is 154 g/mol. The smallest absolute Gasteiger partial charge is 0.213 e. The van der Waals surface area contributed by atoms with Crippen LogP contribution in [0, 0.1) is 6.92 Å². The Balaban J connectivity index is 2.90. The van der Waals surface area contributed by atoms with Crippen molar-refractivity contribution < 1.29 is 9.47 Å². The molecule has 0 spiro atoms. The summed E-state index contributed by atoms with van der Waals surface area (Å²) in [5.74, 6) is 0.641. The first kappa shape index (κ1) is 9.00. The van der Waals surface area contributed by atoms with Gasteiger partial charge in [-0.1, -0.05) is 0 Å². The van der Waals surface area contributed by atoms with Gasteiger partial charge >= 0.3 is 0 Å². The topological polar surface area (TPSA) is 31.4 Å². The van der Waals surface area contributed by atoms with Gasteiger partial charge in [0.15, 0.2) is 0 Å². The lowest BCUT2D eigenvalue weighted by molar-refractivity contribution is 0.184. The van der Waals surface area contributed by atoms with Crippen LogP contribution in [-0.4, -0.2) is 19.2 Å². The van der Waals surface area contributed by atoms with Crippen LogP contribution in [0.25, 0.3) is 0 Å². The maximum Gasteiger partial charge on any atom is 0.213 e. The van der Waals surface area contributed by atoms with Crippen LogP contribution in [0.4, 0.5) is 0 Å². The molecule has 0 fully saturated rings. The van der Waals surface area contributed by atoms with Crippen molar-refractivity contribution in [3.8, 4) is 5.88 Å². The Kier molecular flexibility index (Phi) is 3.05. The van der Waals surface area contributed by atoms with Crippen LogP contribution in [0.15, 0.2) is 12.1 Å². The third-order valence-corrected chi connectivity index (χ3v) is 1.51. The fraction of sp³-hybridized carbons (Fsp3) is 0.444. The number of hydrogen-bond acceptors (Lipinski definition) is 3. The Bertz CT molecular complexity index is 261. The molecule has 3 heteroatoms. The number of rotatable bonds is 3. The number of ether oxygens (including phenoxy) is 2. The molecule has 0 radical (unpaired) electrons. The zero-order valence-corrected chi connectivity index (χ0v) is 7.63. The second-order valence-electron chi connectivity index (χ2n) is 2.59. The summed E-state index contributed by atoms with van der Waals surface area (Å²) in [6, 6.07) is 3.85. The fourth-order valence-electron chi connectivity index (χ4n) is 1.06. The Hall–Kier alpha value is -1.09. The van der Waals surface area contributed by atoms with Crippen molar-refractivity contribution >= 4 is 0 Å². The predicted molar refractivity (Wildman–Crippen MR) is 46.2 cm³/mol. The molecule has 0 saturated heterocycles. The van der Waals surface area contributed by atoms with E-state index in [9.17, 15) is 0 Å². The van der Waals surface area contributed by atoms with Gasteiger partial charge in [0.05, 0.1) is 13.7 Å². The van der Waals surface area contributed by atoms with E-state index in [-0.39, 0.29) is 0 Å². The third kappa shape index (κ3) is 2.20. The zero-order chi connectivity index (χ0) is 8.97. The quantitative estimate of drug-likeness (QED) is 0.684. The van der Waals surface area contributed by atoms with Crippen LogP contribution in [0.2, 0.25) is 0 Å². The number of hydrogen-bond donors (Lipinski definition) is 0. The Morgan fingerprint density at radius 1 is 1.33 bits per heavy atom. The molecule has 0 aliphatic rings. The molecule has 12 heavy (non-hydrogen) atoms. The van der Waals surface area contributed by atoms with Crippen LogP contribution in [0.3, 0.4) is 0 Å². The van der Waals surface area contributed by atoms with Crippen molar-refractivity contribution in [2.24, 2.45) is 0 Å². The first-order valence-corrected chi connectivity index (χ1v) is 3.76. The van der Waals surface area contributed by atoms with E-state index in [0.29, 0.717) is 12.5 Å². The Morgan fingerprint density at radius 2 is 2.08 bits per heavy atom. The molecule has 0 aliphatic carbocycles. The minimum atomic E-state index is 0.597. The summed E-state index contributed by atoms with van der Waals surface area (Å²) in [5.41, 5.74) is 2.03. The first-order valence-electron chi connectivity index (χ1n) is 3.76. The van der Waals surface area contributed by atoms with E-state index < -0.39 is 0 Å². The summed E-state index contributed by atoms with van der Waals surface area (Å²) >= 11 is 0. The van der Waals surface area contributed by atoms with Gasteiger partial charge in [0.1, 0.15) is 0 Å². The minimum Gasteiger partial charge on any atom is -0.481 e. The fourth-order valence-corrected chi connectivity index (χ4v) is 1.06. The average Bonchev–Trinajstić information content (AvgIpc) is 2.04. The van der Waals surface area contributed by atoms with Crippen LogP contribution in [0.5, 0.6) is 5.88 Å². The maximum atomic E-state index is 5.02. The number of aromatic nitrogens is 1. The third-order valence-electron chi connectivity index (χ3n) is 1.51. The van der Waals surface area contributed by atoms with E-state index in [1.54, 1.807) is 14.2 Å². The summed E-state index contributed by atoms with van der Waals surface area (Å²) in [6.45, 7) is 2.53. The molecule has 0 amide bonds. The molecule has 0 bridgehead atoms. The standard InChI is InChI=1S/C9H13NO2/c1-7-4-8(6-11-2)5-9(10-7)12-3/h4-5H,6H2,1-3H3. The second-order valence-corrected chi connectivity index (χ2v) is 2.59. The molecule has 1 aromatic rings. The highest BCUT2D eigenvalue weighted by molar-refractivity contribution is 5.23. The number of aryl methyl sites for hydroxylation is 1. The first-order chi connectivity index (χ1) is 5.76. The minimum absolute atomic E-state index is 0.597. The lowest BCUT2D eigenvalue weighted by atomic mass is 10.2. The highest BCUT2D eigenvalue weighted by Crippen LogP contribution is 2.12. The molecule has 0 aromatic carbocycles. The van der Waals surface area contributed by atoms with Gasteiger partial charge in [-0.15, -0.1) is 0 Å². The number of nitrogens with zero attached hydrogens (tertiary/aromatic N) is 1. The van der Waals surface area contributed by atoms with Crippen LogP contribution < -0.4 is 4.74 Å². The van der Waals surface area contributed by atoms with E-state index in [0.717, 1.165) is 11.3 Å². The number of methoxy groups -OCH3 is 2. The molecule has 1 rings (SSSR count). The van der Waals surface area contributed by atoms with Gasteiger partial charge in [-0.05, 0) is 18.6 Å². The zero-order valence-electron chi connectivity index (χ0n) is 7.63. The average molecular weight is 167 g/mol. The normalized spacial score (nSPS) is 9.92. The van der Waals surface area contributed by atoms with Gasteiger partial charge in [0, 0.05) is 18.9 Å². The van der Waals surface area contributed by atoms with Gasteiger partial charge in [0.2, 0.25) is 5.88 Å². The van der Waals surface area contributed by atoms with Crippen molar-refractivity contribution in [2.45, 2.75) is 13.5 Å². The van der Waals surface area contributed by atoms with Gasteiger partial charge in [-0.2, -0.15) is 0 Å². The van der Waals surface area contributed by atoms with E-state index in [1.165, 1.54) is 0 Å². The van der Waals surface area contributed by atoms with Crippen LogP contribution in [-0.2, 0) is 11.3 Å². The monoisotopic (exact) mass is 167 g/mol. The van der Waals surface area contributed by atoms with E-state index >= 15 is 0 Å². The molecule has 0 atom stereocenters. The molecule has 0 N–H and O–H groups in total. The van der Waals surface area contributed by atoms with Crippen molar-refractivity contribution in [1.82, 2.24) is 4.98 Å². The largest absolute Gasteiger partial charge is 0.481 e. The molecule has 1 heterocycles. The summed E-state index contributed by atoms with van der Waals surface area (Å²) in [6.07, 6.45) is 0. The van der Waals surface area contributed by atoms with E-state index in [4.69, 9.17) is 9.47 Å². The van der Waals surface area contributed by atoms with Gasteiger partial charge in [0.25, 0.3) is 0 Å². The summed E-state index contributed by atoms with van der Waals surface area (Å²) < 4.78 is 10.0. The molecule has 3 nitrogen and oxygen atoms in total. The summed E-state index contributed by atoms with van der Waals surface area (Å²) in [7, 11) is 3.28. The predicted octanol–water partition coefficient (Wildman–Crippen LogP) is 1.55. The molecule has 1 aromatic heterocycles. The van der Waals surface area contributed by atoms with Gasteiger partial charge in [-0.25, -0.2) is 4.98 Å². The van der Waals surface area contributed by atoms with Crippen molar-refractivity contribution in [3.63, 3.8) is 0 Å². The highest BCUT2D eigenvalue weighted by Gasteiger charge is 1.98. The lowest BCUT2D eigenvalue weighted by Crippen LogP contribution is -1.94. The Morgan fingerprint density at radius 3 is 2.67 bits per heavy atom. The van der Waals surface area contributed by atoms with E-state index in [2.05, 4.69) is 4.98 Å². The van der Waals surface area contributed by atoms with E-state index in [1.807, 2.05) is 19.1 Å². The SMILES string of the molecule is COCc1cc(C)nc(OC)c1. The maximum absolute atomic E-state index is 5.02. The van der Waals surface area contributed by atoms with Gasteiger partial charge in [-0.3, -0.25) is 0 Å². The summed E-state index contributed by atoms with van der Waals surface area (Å²) in [4.78, 5) is 4.16. The molecular formula is C9H13NO2. The van der Waals surface area contributed by atoms with Crippen LogP contribution >= 0.6 is 0 Å². The molecule has 0 saturated carbocycles. The molecule has 0 unspecified atom stereocenters.